The van der Waals surface area contributed by atoms with Crippen LogP contribution in [0.4, 0.5) is 10.5 Å². The van der Waals surface area contributed by atoms with E-state index >= 15 is 0 Å². The number of nitrogens with one attached hydrogen (secondary N) is 1. The van der Waals surface area contributed by atoms with Gasteiger partial charge in [0.15, 0.2) is 0 Å². The number of anilines is 1. The Morgan fingerprint density at radius 3 is 2.56 bits per heavy atom. The van der Waals surface area contributed by atoms with Crippen molar-refractivity contribution in [1.29, 1.82) is 0 Å². The zero-order valence-corrected chi connectivity index (χ0v) is 8.47. The highest BCUT2D eigenvalue weighted by molar-refractivity contribution is 5.82. The van der Waals surface area contributed by atoms with Crippen LogP contribution in [0.1, 0.15) is 6.99 Å². The highest BCUT2D eigenvalue weighted by Crippen LogP contribution is 2.10. The quantitative estimate of drug-likeness (QED) is 0.606. The molecule has 0 aliphatic rings. The van der Waals surface area contributed by atoms with Gasteiger partial charge in [-0.05, 0) is 17.7 Å². The minimum atomic E-state index is -1.12. The van der Waals surface area contributed by atoms with Crippen LogP contribution in [0.2, 0.25) is 0 Å². The lowest BCUT2D eigenvalue weighted by atomic mass is 10.2. The van der Waals surface area contributed by atoms with Crippen LogP contribution in [-0.2, 0) is 16.1 Å². The monoisotopic (exact) mass is 223 g/mol. The van der Waals surface area contributed by atoms with E-state index in [1.54, 1.807) is 24.3 Å². The van der Waals surface area contributed by atoms with Gasteiger partial charge in [-0.25, -0.2) is 9.59 Å². The lowest BCUT2D eigenvalue weighted by Crippen LogP contribution is -2.07. The number of esters is 1. The Morgan fingerprint density at radius 1 is 1.44 bits per heavy atom. The summed E-state index contributed by atoms with van der Waals surface area (Å²) in [6.07, 6.45) is -0.0359. The molecule has 0 saturated heterocycles. The first-order chi connectivity index (χ1) is 7.61. The summed E-state index contributed by atoms with van der Waals surface area (Å²) in [5.41, 5.74) is 1.23. The van der Waals surface area contributed by atoms with Crippen LogP contribution in [0, 0.1) is 0 Å². The molecule has 0 bridgehead atoms. The predicted octanol–water partition coefficient (Wildman–Crippen LogP) is 2.25. The molecule has 86 valence electrons. The Labute approximate surface area is 93.8 Å². The van der Waals surface area contributed by atoms with Crippen molar-refractivity contribution in [3.8, 4) is 0 Å². The Morgan fingerprint density at radius 2 is 2.06 bits per heavy atom. The second-order valence-corrected chi connectivity index (χ2v) is 2.94. The Bertz CT molecular complexity index is 402. The van der Waals surface area contributed by atoms with Gasteiger partial charge in [0, 0.05) is 13.2 Å². The van der Waals surface area contributed by atoms with E-state index in [-0.39, 0.29) is 8.03 Å². The van der Waals surface area contributed by atoms with Crippen LogP contribution in [0.5, 0.6) is 0 Å². The average Bonchev–Trinajstić information content (AvgIpc) is 2.27. The molecule has 0 saturated carbocycles. The van der Waals surface area contributed by atoms with Crippen molar-refractivity contribution in [3.05, 3.63) is 42.5 Å². The molecule has 0 spiro atoms. The summed E-state index contributed by atoms with van der Waals surface area (Å²) in [6, 6.07) is 6.51. The highest BCUT2D eigenvalue weighted by atomic mass is 16.5. The number of hydrogen-bond acceptors (Lipinski definition) is 3. The molecule has 0 radical (unpaired) electrons. The van der Waals surface area contributed by atoms with E-state index < -0.39 is 12.1 Å². The maximum Gasteiger partial charge on any atom is 0.409 e. The summed E-state index contributed by atoms with van der Waals surface area (Å²) in [5, 5.41) is 10.7. The summed E-state index contributed by atoms with van der Waals surface area (Å²) in [5.74, 6) is -0.493. The first-order valence-electron chi connectivity index (χ1n) is 4.50. The van der Waals surface area contributed by atoms with Crippen molar-refractivity contribution in [2.45, 2.75) is 6.61 Å². The Balaban J connectivity index is 0.00000256. The summed E-state index contributed by atoms with van der Waals surface area (Å²) in [6.45, 7) is 3.41. The van der Waals surface area contributed by atoms with Gasteiger partial charge in [0.2, 0.25) is 0 Å². The van der Waals surface area contributed by atoms with Crippen molar-refractivity contribution >= 4 is 17.7 Å². The molecule has 0 heterocycles. The van der Waals surface area contributed by atoms with Crippen molar-refractivity contribution in [3.63, 3.8) is 0 Å². The van der Waals surface area contributed by atoms with E-state index in [1.165, 1.54) is 0 Å². The van der Waals surface area contributed by atoms with Crippen LogP contribution in [0.15, 0.2) is 36.9 Å². The molecule has 16 heavy (non-hydrogen) atoms. The van der Waals surface area contributed by atoms with Crippen LogP contribution in [0.25, 0.3) is 0 Å². The third kappa shape index (κ3) is 3.83. The van der Waals surface area contributed by atoms with E-state index in [0.29, 0.717) is 5.69 Å². The summed E-state index contributed by atoms with van der Waals surface area (Å²) in [4.78, 5) is 21.1. The molecule has 0 unspecified atom stereocenters. The van der Waals surface area contributed by atoms with Gasteiger partial charge in [0.05, 0.1) is 0 Å². The van der Waals surface area contributed by atoms with Gasteiger partial charge in [-0.1, -0.05) is 18.7 Å². The van der Waals surface area contributed by atoms with Gasteiger partial charge in [-0.15, -0.1) is 0 Å². The lowest BCUT2D eigenvalue weighted by Gasteiger charge is -2.04. The van der Waals surface area contributed by atoms with Gasteiger partial charge in [0.1, 0.15) is 6.61 Å². The molecule has 1 aromatic rings. The number of rotatable bonds is 4. The van der Waals surface area contributed by atoms with Crippen LogP contribution in [-0.4, -0.2) is 17.2 Å². The molecule has 0 fully saturated rings. The summed E-state index contributed by atoms with van der Waals surface area (Å²) >= 11 is 0. The predicted molar refractivity (Wildman–Crippen MR) is 60.2 cm³/mol. The summed E-state index contributed by atoms with van der Waals surface area (Å²) in [7, 11) is 0. The number of amides is 1. The lowest BCUT2D eigenvalue weighted by molar-refractivity contribution is -0.138. The number of carboxylic acid groups (broad SMARTS) is 1. The minimum absolute atomic E-state index is 0. The molecule has 5 heteroatoms. The molecule has 0 atom stereocenters. The molecule has 1 aromatic carbocycles. The number of carbonyl (C=O) groups excluding carboxylic acids is 1. The summed E-state index contributed by atoms with van der Waals surface area (Å²) < 4.78 is 4.80. The third-order valence-electron chi connectivity index (χ3n) is 1.75. The van der Waals surface area contributed by atoms with Gasteiger partial charge in [0.25, 0.3) is 0 Å². The second-order valence-electron chi connectivity index (χ2n) is 2.94. The number of benzene rings is 1. The molecule has 1 rings (SSSR count). The van der Waals surface area contributed by atoms with E-state index in [0.717, 1.165) is 11.6 Å². The maximum atomic E-state index is 10.8. The van der Waals surface area contributed by atoms with E-state index in [4.69, 9.17) is 9.84 Å². The first kappa shape index (κ1) is 11.8. The topological polar surface area (TPSA) is 75.6 Å². The van der Waals surface area contributed by atoms with Gasteiger partial charge in [-0.3, -0.25) is 5.32 Å². The highest BCUT2D eigenvalue weighted by Gasteiger charge is 2.00. The molecular formula is C11H13NO4. The van der Waals surface area contributed by atoms with Crippen molar-refractivity contribution in [2.75, 3.05) is 5.32 Å². The van der Waals surface area contributed by atoms with Crippen molar-refractivity contribution in [2.24, 2.45) is 0 Å². The maximum absolute atomic E-state index is 10.8. The zero-order chi connectivity index (χ0) is 12.0. The second kappa shape index (κ2) is 5.55. The van der Waals surface area contributed by atoms with E-state index in [9.17, 15) is 9.59 Å². The Kier molecular flexibility index (Phi) is 4.08. The first-order valence-corrected chi connectivity index (χ1v) is 4.50. The normalized spacial score (nSPS) is 9.25. The van der Waals surface area contributed by atoms with Crippen LogP contribution >= 0.6 is 0 Å². The third-order valence-corrected chi connectivity index (χ3v) is 1.75. The fourth-order valence-corrected chi connectivity index (χ4v) is 1.02. The molecule has 5 nitrogen and oxygen atoms in total. The Hall–Kier alpha value is -2.30. The van der Waals surface area contributed by atoms with Crippen molar-refractivity contribution in [1.82, 2.24) is 0 Å². The number of ether oxygens (including phenoxy) is 1. The molecule has 1 amide bonds. The van der Waals surface area contributed by atoms with Crippen LogP contribution < -0.4 is 5.32 Å². The smallest absolute Gasteiger partial charge is 0.409 e. The number of hydrogen-bond donors (Lipinski definition) is 2. The van der Waals surface area contributed by atoms with Crippen LogP contribution in [0.3, 0.4) is 0 Å². The molecule has 0 aromatic heterocycles. The SMILES string of the molecule is C=CC(=O)OCc1ccc(NC(=O)O)cc1.[HH]. The molecular weight excluding hydrogens is 210 g/mol. The standard InChI is InChI=1S/C11H11NO4.H2/c1-2-10(13)16-7-8-3-5-9(6-4-8)12-11(14)15;/h2-6,12H,1,7H2,(H,14,15);1H. The largest absolute Gasteiger partial charge is 0.465 e. The van der Waals surface area contributed by atoms with Gasteiger partial charge in [-0.2, -0.15) is 0 Å². The molecule has 2 N–H and O–H groups in total. The molecule has 0 aliphatic heterocycles. The fourth-order valence-electron chi connectivity index (χ4n) is 1.02. The average molecular weight is 223 g/mol. The van der Waals surface area contributed by atoms with E-state index in [2.05, 4.69) is 11.9 Å². The fraction of sp³-hybridized carbons (Fsp3) is 0.0909. The molecule has 0 aliphatic carbocycles. The van der Waals surface area contributed by atoms with Gasteiger partial charge < -0.3 is 9.84 Å². The van der Waals surface area contributed by atoms with Gasteiger partial charge >= 0.3 is 12.1 Å². The minimum Gasteiger partial charge on any atom is -0.465 e. The zero-order valence-electron chi connectivity index (χ0n) is 8.47. The van der Waals surface area contributed by atoms with E-state index in [1.807, 2.05) is 0 Å². The van der Waals surface area contributed by atoms with Crippen molar-refractivity contribution < 1.29 is 20.9 Å². The number of carbonyl (C=O) groups is 2.